The molecule has 4 nitrogen and oxygen atoms in total. The molecular weight excluding hydrogens is 324 g/mol. The van der Waals surface area contributed by atoms with E-state index in [0.29, 0.717) is 5.92 Å². The van der Waals surface area contributed by atoms with Gasteiger partial charge in [-0.25, -0.2) is 0 Å². The molecule has 0 unspecified atom stereocenters. The van der Waals surface area contributed by atoms with E-state index < -0.39 is 0 Å². The molecular formula is C19H29ClN2O2. The van der Waals surface area contributed by atoms with Crippen LogP contribution in [-0.2, 0) is 0 Å². The fourth-order valence-electron chi connectivity index (χ4n) is 3.06. The number of rotatable bonds is 7. The van der Waals surface area contributed by atoms with Gasteiger partial charge in [0.05, 0.1) is 6.61 Å². The van der Waals surface area contributed by atoms with Gasteiger partial charge in [-0.05, 0) is 74.9 Å². The van der Waals surface area contributed by atoms with E-state index >= 15 is 0 Å². The minimum atomic E-state index is 0. The number of nitrogens with zero attached hydrogens (tertiary/aromatic N) is 1. The van der Waals surface area contributed by atoms with E-state index in [1.165, 1.54) is 12.8 Å². The molecule has 1 aromatic carbocycles. The van der Waals surface area contributed by atoms with E-state index in [9.17, 15) is 4.79 Å². The van der Waals surface area contributed by atoms with Crippen molar-refractivity contribution in [3.8, 4) is 5.75 Å². The van der Waals surface area contributed by atoms with Crippen LogP contribution in [0.1, 0.15) is 43.0 Å². The number of carbonyl (C=O) groups excluding carboxylic acids is 1. The highest BCUT2D eigenvalue weighted by atomic mass is 35.5. The van der Waals surface area contributed by atoms with E-state index in [4.69, 9.17) is 4.74 Å². The van der Waals surface area contributed by atoms with Crippen LogP contribution in [-0.4, -0.2) is 43.6 Å². The zero-order valence-electron chi connectivity index (χ0n) is 14.5. The Morgan fingerprint density at radius 3 is 2.38 bits per heavy atom. The Hall–Kier alpha value is -1.26. The van der Waals surface area contributed by atoms with E-state index in [-0.39, 0.29) is 18.3 Å². The molecule has 134 valence electrons. The summed E-state index contributed by atoms with van der Waals surface area (Å²) in [6.45, 7) is 6.78. The number of piperidine rings is 1. The Morgan fingerprint density at radius 2 is 1.79 bits per heavy atom. The van der Waals surface area contributed by atoms with Crippen molar-refractivity contribution in [2.45, 2.75) is 32.6 Å². The second kappa shape index (κ2) is 9.28. The molecule has 1 N–H and O–H groups in total. The summed E-state index contributed by atoms with van der Waals surface area (Å²) in [6.07, 6.45) is 4.78. The van der Waals surface area contributed by atoms with Crippen molar-refractivity contribution in [1.29, 1.82) is 0 Å². The Bertz CT molecular complexity index is 509. The van der Waals surface area contributed by atoms with Crippen LogP contribution in [0.4, 0.5) is 0 Å². The van der Waals surface area contributed by atoms with Gasteiger partial charge >= 0.3 is 0 Å². The summed E-state index contributed by atoms with van der Waals surface area (Å²) in [5.74, 6) is 2.48. The summed E-state index contributed by atoms with van der Waals surface area (Å²) in [5.41, 5.74) is 0.772. The zero-order valence-corrected chi connectivity index (χ0v) is 15.3. The lowest BCUT2D eigenvalue weighted by Crippen LogP contribution is -2.40. The van der Waals surface area contributed by atoms with Crippen LogP contribution < -0.4 is 10.1 Å². The van der Waals surface area contributed by atoms with Gasteiger partial charge < -0.3 is 15.0 Å². The molecule has 0 atom stereocenters. The fraction of sp³-hybridized carbons (Fsp3) is 0.632. The highest BCUT2D eigenvalue weighted by Gasteiger charge is 2.24. The van der Waals surface area contributed by atoms with Crippen molar-refractivity contribution < 1.29 is 9.53 Å². The fourth-order valence-corrected chi connectivity index (χ4v) is 3.06. The van der Waals surface area contributed by atoms with Gasteiger partial charge in [-0.2, -0.15) is 0 Å². The Labute approximate surface area is 151 Å². The number of nitrogens with one attached hydrogen (secondary N) is 1. The molecule has 2 fully saturated rings. The van der Waals surface area contributed by atoms with Crippen LogP contribution in [0.5, 0.6) is 5.75 Å². The lowest BCUT2D eigenvalue weighted by atomic mass is 9.96. The maximum absolute atomic E-state index is 12.6. The summed E-state index contributed by atoms with van der Waals surface area (Å²) in [7, 11) is 0. The maximum atomic E-state index is 12.6. The quantitative estimate of drug-likeness (QED) is 0.818. The Kier molecular flexibility index (Phi) is 7.38. The summed E-state index contributed by atoms with van der Waals surface area (Å²) in [5, 5.41) is 3.41. The zero-order chi connectivity index (χ0) is 16.1. The van der Waals surface area contributed by atoms with E-state index in [1.807, 2.05) is 29.2 Å². The third-order valence-corrected chi connectivity index (χ3v) is 4.87. The summed E-state index contributed by atoms with van der Waals surface area (Å²) in [6, 6.07) is 7.64. The van der Waals surface area contributed by atoms with Gasteiger partial charge in [0, 0.05) is 18.7 Å². The second-order valence-corrected chi connectivity index (χ2v) is 6.82. The highest BCUT2D eigenvalue weighted by molar-refractivity contribution is 5.94. The van der Waals surface area contributed by atoms with E-state index in [2.05, 4.69) is 12.2 Å². The lowest BCUT2D eigenvalue weighted by Gasteiger charge is -2.32. The van der Waals surface area contributed by atoms with Crippen molar-refractivity contribution in [3.05, 3.63) is 29.8 Å². The predicted octanol–water partition coefficient (Wildman–Crippen LogP) is 3.36. The van der Waals surface area contributed by atoms with Crippen LogP contribution >= 0.6 is 12.4 Å². The van der Waals surface area contributed by atoms with Crippen molar-refractivity contribution in [2.24, 2.45) is 11.8 Å². The molecule has 0 spiro atoms. The standard InChI is InChI=1S/C19H28N2O2.ClH/c1-2-20-13-15-9-11-21(12-10-15)19(22)17-5-7-18(8-6-17)23-14-16-3-4-16;/h5-8,15-16,20H,2-4,9-14H2,1H3;1H. The normalized spacial score (nSPS) is 18.1. The summed E-state index contributed by atoms with van der Waals surface area (Å²) >= 11 is 0. The van der Waals surface area contributed by atoms with Crippen molar-refractivity contribution in [3.63, 3.8) is 0 Å². The highest BCUT2D eigenvalue weighted by Crippen LogP contribution is 2.29. The first-order chi connectivity index (χ1) is 11.3. The number of hydrogen-bond acceptors (Lipinski definition) is 3. The number of carbonyl (C=O) groups is 1. The molecule has 1 aromatic rings. The molecule has 1 saturated heterocycles. The minimum Gasteiger partial charge on any atom is -0.493 e. The minimum absolute atomic E-state index is 0. The molecule has 5 heteroatoms. The maximum Gasteiger partial charge on any atom is 0.253 e. The largest absolute Gasteiger partial charge is 0.493 e. The molecule has 1 saturated carbocycles. The molecule has 1 amide bonds. The van der Waals surface area contributed by atoms with Crippen LogP contribution in [0.25, 0.3) is 0 Å². The predicted molar refractivity (Wildman–Crippen MR) is 99.1 cm³/mol. The van der Waals surface area contributed by atoms with Gasteiger partial charge in [-0.15, -0.1) is 12.4 Å². The lowest BCUT2D eigenvalue weighted by molar-refractivity contribution is 0.0690. The van der Waals surface area contributed by atoms with Gasteiger partial charge in [0.1, 0.15) is 5.75 Å². The van der Waals surface area contributed by atoms with Crippen LogP contribution in [0, 0.1) is 11.8 Å². The first-order valence-electron chi connectivity index (χ1n) is 8.99. The molecule has 1 aliphatic carbocycles. The number of halogens is 1. The van der Waals surface area contributed by atoms with Crippen molar-refractivity contribution in [1.82, 2.24) is 10.2 Å². The first kappa shape index (κ1) is 19.1. The van der Waals surface area contributed by atoms with E-state index in [0.717, 1.165) is 62.9 Å². The van der Waals surface area contributed by atoms with Crippen LogP contribution in [0.3, 0.4) is 0 Å². The van der Waals surface area contributed by atoms with Gasteiger partial charge in [0.25, 0.3) is 5.91 Å². The average molecular weight is 353 g/mol. The molecule has 1 aliphatic heterocycles. The van der Waals surface area contributed by atoms with Crippen molar-refractivity contribution >= 4 is 18.3 Å². The SMILES string of the molecule is CCNCC1CCN(C(=O)c2ccc(OCC3CC3)cc2)CC1.Cl. The molecule has 0 radical (unpaired) electrons. The van der Waals surface area contributed by atoms with E-state index in [1.54, 1.807) is 0 Å². The molecule has 0 bridgehead atoms. The summed E-state index contributed by atoms with van der Waals surface area (Å²) in [4.78, 5) is 14.6. The first-order valence-corrected chi connectivity index (χ1v) is 8.99. The molecule has 1 heterocycles. The number of likely N-dealkylation sites (tertiary alicyclic amines) is 1. The molecule has 24 heavy (non-hydrogen) atoms. The Morgan fingerprint density at radius 1 is 1.12 bits per heavy atom. The second-order valence-electron chi connectivity index (χ2n) is 6.82. The van der Waals surface area contributed by atoms with Gasteiger partial charge in [0.15, 0.2) is 0 Å². The topological polar surface area (TPSA) is 41.6 Å². The molecule has 2 aliphatic rings. The number of amides is 1. The smallest absolute Gasteiger partial charge is 0.253 e. The average Bonchev–Trinajstić information content (AvgIpc) is 3.43. The van der Waals surface area contributed by atoms with Gasteiger partial charge in [-0.1, -0.05) is 6.92 Å². The van der Waals surface area contributed by atoms with Gasteiger partial charge in [-0.3, -0.25) is 4.79 Å². The van der Waals surface area contributed by atoms with Crippen molar-refractivity contribution in [2.75, 3.05) is 32.8 Å². The Balaban J connectivity index is 0.00000208. The van der Waals surface area contributed by atoms with Gasteiger partial charge in [0.2, 0.25) is 0 Å². The number of hydrogen-bond donors (Lipinski definition) is 1. The third-order valence-electron chi connectivity index (χ3n) is 4.87. The van der Waals surface area contributed by atoms with Crippen LogP contribution in [0.2, 0.25) is 0 Å². The van der Waals surface area contributed by atoms with Crippen LogP contribution in [0.15, 0.2) is 24.3 Å². The third kappa shape index (κ3) is 5.38. The molecule has 3 rings (SSSR count). The number of benzene rings is 1. The monoisotopic (exact) mass is 352 g/mol. The summed E-state index contributed by atoms with van der Waals surface area (Å²) < 4.78 is 5.73. The molecule has 0 aromatic heterocycles. The number of ether oxygens (including phenoxy) is 1.